The summed E-state index contributed by atoms with van der Waals surface area (Å²) in [6.45, 7) is 2.17. The maximum Gasteiger partial charge on any atom is 0.513 e. The molecule has 0 spiro atoms. The van der Waals surface area contributed by atoms with Crippen molar-refractivity contribution >= 4 is 20.4 Å². The summed E-state index contributed by atoms with van der Waals surface area (Å²) in [6, 6.07) is 17.6. The van der Waals surface area contributed by atoms with E-state index in [1.165, 1.54) is 0 Å². The maximum absolute atomic E-state index is 13.1. The minimum absolute atomic E-state index is 0.236. The molecule has 0 aliphatic rings. The lowest BCUT2D eigenvalue weighted by Gasteiger charge is -2.23. The molecular weight excluding hydrogens is 333 g/mol. The third kappa shape index (κ3) is 6.28. The molecule has 0 saturated heterocycles. The Balaban J connectivity index is 2.14. The Kier molecular flexibility index (Phi) is 6.99. The van der Waals surface area contributed by atoms with Crippen LogP contribution in [0, 0.1) is 0 Å². The Bertz CT molecular complexity index is 581. The molecule has 23 heavy (non-hydrogen) atoms. The fourth-order valence-electron chi connectivity index (χ4n) is 1.85. The Morgan fingerprint density at radius 1 is 1.00 bits per heavy atom. The molecule has 1 N–H and O–H groups in total. The second-order valence-electron chi connectivity index (χ2n) is 4.84. The van der Waals surface area contributed by atoms with Gasteiger partial charge in [-0.1, -0.05) is 36.4 Å². The van der Waals surface area contributed by atoms with Crippen LogP contribution in [-0.4, -0.2) is 18.6 Å². The lowest BCUT2D eigenvalue weighted by atomic mass is 10.3. The van der Waals surface area contributed by atoms with E-state index in [9.17, 15) is 4.57 Å². The first-order valence-corrected chi connectivity index (χ1v) is 9.34. The molecule has 0 aliphatic heterocycles. The van der Waals surface area contributed by atoms with E-state index in [4.69, 9.17) is 13.8 Å². The van der Waals surface area contributed by atoms with Gasteiger partial charge in [0.15, 0.2) is 0 Å². The number of para-hydroxylation sites is 2. The molecule has 2 rings (SSSR count). The summed E-state index contributed by atoms with van der Waals surface area (Å²) in [5.74, 6) is 1.21. The summed E-state index contributed by atoms with van der Waals surface area (Å²) >= 11 is 3.99. The van der Waals surface area contributed by atoms with Crippen molar-refractivity contribution in [3.63, 3.8) is 0 Å². The van der Waals surface area contributed by atoms with Gasteiger partial charge in [-0.15, -0.1) is 0 Å². The van der Waals surface area contributed by atoms with E-state index < -0.39 is 7.75 Å². The highest BCUT2D eigenvalue weighted by Gasteiger charge is 2.30. The van der Waals surface area contributed by atoms with Gasteiger partial charge in [-0.2, -0.15) is 17.7 Å². The zero-order chi connectivity index (χ0) is 16.5. The number of hydrogen-bond donors (Lipinski definition) is 2. The van der Waals surface area contributed by atoms with Crippen molar-refractivity contribution in [2.75, 3.05) is 12.5 Å². The lowest BCUT2D eigenvalue weighted by Crippen LogP contribution is -2.31. The van der Waals surface area contributed by atoms with Crippen molar-refractivity contribution in [2.45, 2.75) is 13.0 Å². The normalized spacial score (nSPS) is 12.6. The molecule has 0 heterocycles. The SMILES string of the molecule is C[C@@H](COCS)NP(=O)(Oc1ccccc1)Oc1ccccc1. The standard InChI is InChI=1S/C16H20NO4PS/c1-14(12-19-13-23)17-22(18,20-15-8-4-2-5-9-15)21-16-10-6-3-7-11-16/h2-11,14,23H,12-13H2,1H3,(H,17,18)/t14-/m0/s1. The Hall–Kier alpha value is -1.46. The van der Waals surface area contributed by atoms with E-state index in [-0.39, 0.29) is 12.0 Å². The summed E-state index contributed by atoms with van der Waals surface area (Å²) in [5, 5.41) is 2.88. The van der Waals surface area contributed by atoms with Crippen LogP contribution in [0.2, 0.25) is 0 Å². The van der Waals surface area contributed by atoms with Gasteiger partial charge >= 0.3 is 7.75 Å². The maximum atomic E-state index is 13.1. The largest absolute Gasteiger partial charge is 0.513 e. The monoisotopic (exact) mass is 353 g/mol. The highest BCUT2D eigenvalue weighted by Crippen LogP contribution is 2.45. The van der Waals surface area contributed by atoms with Gasteiger partial charge < -0.3 is 13.8 Å². The molecular formula is C16H20NO4PS. The molecule has 0 unspecified atom stereocenters. The minimum atomic E-state index is -3.61. The number of hydrogen-bond acceptors (Lipinski definition) is 5. The molecule has 1 atom stereocenters. The van der Waals surface area contributed by atoms with Gasteiger partial charge in [0.2, 0.25) is 0 Å². The fourth-order valence-corrected chi connectivity index (χ4v) is 3.51. The molecule has 2 aromatic carbocycles. The number of thiol groups is 1. The zero-order valence-corrected chi connectivity index (χ0v) is 14.6. The average molecular weight is 353 g/mol. The van der Waals surface area contributed by atoms with E-state index in [0.29, 0.717) is 18.1 Å². The number of ether oxygens (including phenoxy) is 1. The van der Waals surface area contributed by atoms with Crippen LogP contribution in [-0.2, 0) is 9.30 Å². The van der Waals surface area contributed by atoms with Crippen LogP contribution in [0.3, 0.4) is 0 Å². The first-order valence-electron chi connectivity index (χ1n) is 7.17. The molecule has 0 bridgehead atoms. The van der Waals surface area contributed by atoms with Gasteiger partial charge in [-0.25, -0.2) is 4.57 Å². The number of rotatable bonds is 9. The lowest BCUT2D eigenvalue weighted by molar-refractivity contribution is 0.163. The Morgan fingerprint density at radius 3 is 1.91 bits per heavy atom. The molecule has 2 aromatic rings. The molecule has 124 valence electrons. The molecule has 7 heteroatoms. The average Bonchev–Trinajstić information content (AvgIpc) is 2.54. The van der Waals surface area contributed by atoms with Crippen LogP contribution in [0.1, 0.15) is 6.92 Å². The highest BCUT2D eigenvalue weighted by molar-refractivity contribution is 7.80. The molecule has 5 nitrogen and oxygen atoms in total. The Labute approximate surface area is 142 Å². The van der Waals surface area contributed by atoms with E-state index in [2.05, 4.69) is 17.7 Å². The van der Waals surface area contributed by atoms with Crippen LogP contribution >= 0.6 is 20.4 Å². The number of nitrogens with one attached hydrogen (secondary N) is 1. The zero-order valence-electron chi connectivity index (χ0n) is 12.8. The van der Waals surface area contributed by atoms with Gasteiger partial charge in [0, 0.05) is 6.04 Å². The minimum Gasteiger partial charge on any atom is -0.405 e. The fraction of sp³-hybridized carbons (Fsp3) is 0.250. The van der Waals surface area contributed by atoms with Gasteiger partial charge in [0.05, 0.1) is 12.5 Å². The predicted octanol–water partition coefficient (Wildman–Crippen LogP) is 4.13. The molecule has 0 fully saturated rings. The molecule has 0 radical (unpaired) electrons. The smallest absolute Gasteiger partial charge is 0.405 e. The van der Waals surface area contributed by atoms with E-state index >= 15 is 0 Å². The van der Waals surface area contributed by atoms with Gasteiger partial charge in [-0.05, 0) is 31.2 Å². The van der Waals surface area contributed by atoms with Gasteiger partial charge in [0.25, 0.3) is 0 Å². The first-order chi connectivity index (χ1) is 11.1. The van der Waals surface area contributed by atoms with E-state index in [1.807, 2.05) is 19.1 Å². The molecule has 0 aliphatic carbocycles. The summed E-state index contributed by atoms with van der Waals surface area (Å²) in [6.07, 6.45) is 0. The summed E-state index contributed by atoms with van der Waals surface area (Å²) < 4.78 is 29.5. The van der Waals surface area contributed by atoms with Crippen LogP contribution < -0.4 is 14.1 Å². The van der Waals surface area contributed by atoms with Crippen molar-refractivity contribution < 1.29 is 18.3 Å². The van der Waals surface area contributed by atoms with Crippen LogP contribution in [0.4, 0.5) is 0 Å². The molecule has 0 aromatic heterocycles. The van der Waals surface area contributed by atoms with Crippen LogP contribution in [0.15, 0.2) is 60.7 Å². The quantitative estimate of drug-likeness (QED) is 0.403. The summed E-state index contributed by atoms with van der Waals surface area (Å²) in [5.41, 5.74) is 0. The van der Waals surface area contributed by atoms with Crippen molar-refractivity contribution in [1.29, 1.82) is 0 Å². The van der Waals surface area contributed by atoms with E-state index in [0.717, 1.165) is 0 Å². The molecule has 0 amide bonds. The first kappa shape index (κ1) is 17.9. The van der Waals surface area contributed by atoms with E-state index in [1.54, 1.807) is 48.5 Å². The van der Waals surface area contributed by atoms with Crippen molar-refractivity contribution in [3.8, 4) is 11.5 Å². The number of benzene rings is 2. The van der Waals surface area contributed by atoms with Crippen molar-refractivity contribution in [3.05, 3.63) is 60.7 Å². The van der Waals surface area contributed by atoms with Crippen LogP contribution in [0.5, 0.6) is 11.5 Å². The molecule has 0 saturated carbocycles. The second-order valence-corrected chi connectivity index (χ2v) is 6.71. The third-order valence-electron chi connectivity index (χ3n) is 2.78. The van der Waals surface area contributed by atoms with Gasteiger partial charge in [-0.3, -0.25) is 0 Å². The van der Waals surface area contributed by atoms with Crippen molar-refractivity contribution in [2.24, 2.45) is 0 Å². The second kappa shape index (κ2) is 8.99. The van der Waals surface area contributed by atoms with Gasteiger partial charge in [0.1, 0.15) is 11.5 Å². The Morgan fingerprint density at radius 2 is 1.48 bits per heavy atom. The van der Waals surface area contributed by atoms with Crippen molar-refractivity contribution in [1.82, 2.24) is 5.09 Å². The topological polar surface area (TPSA) is 56.8 Å². The summed E-state index contributed by atoms with van der Waals surface area (Å²) in [4.78, 5) is 0. The third-order valence-corrected chi connectivity index (χ3v) is 4.62. The predicted molar refractivity (Wildman–Crippen MR) is 94.1 cm³/mol. The van der Waals surface area contributed by atoms with Crippen LogP contribution in [0.25, 0.3) is 0 Å². The highest BCUT2D eigenvalue weighted by atomic mass is 32.1. The summed E-state index contributed by atoms with van der Waals surface area (Å²) in [7, 11) is -3.61.